The minimum atomic E-state index is 0.602. The van der Waals surface area contributed by atoms with Crippen LogP contribution in [0.5, 0.6) is 0 Å². The van der Waals surface area contributed by atoms with Crippen molar-refractivity contribution in [2.45, 2.75) is 27.7 Å². The van der Waals surface area contributed by atoms with Crippen molar-refractivity contribution in [3.63, 3.8) is 0 Å². The zero-order valence-corrected chi connectivity index (χ0v) is 15.4. The van der Waals surface area contributed by atoms with Crippen molar-refractivity contribution >= 4 is 23.0 Å². The van der Waals surface area contributed by atoms with Crippen LogP contribution in [0.15, 0.2) is 42.5 Å². The summed E-state index contributed by atoms with van der Waals surface area (Å²) in [4.78, 5) is 8.93. The third-order valence-electron chi connectivity index (χ3n) is 4.03. The zero-order valence-electron chi connectivity index (χ0n) is 15.4. The Bertz CT molecular complexity index is 979. The van der Waals surface area contributed by atoms with Gasteiger partial charge < -0.3 is 10.6 Å². The first kappa shape index (κ1) is 17.4. The molecule has 0 atom stereocenters. The second-order valence-corrected chi connectivity index (χ2v) is 6.40. The first-order valence-corrected chi connectivity index (χ1v) is 8.42. The van der Waals surface area contributed by atoms with E-state index in [4.69, 9.17) is 5.26 Å². The summed E-state index contributed by atoms with van der Waals surface area (Å²) >= 11 is 0. The standard InChI is InChI=1S/C21H21N5/c1-13-8-14(2)21(15(3)9-13)26-20-11-19(23-16(4)24-20)25-18-7-5-6-17(10-18)12-22/h5-11H,1-4H3,(H2,23,24,25,26). The number of nitrogens with zero attached hydrogens (tertiary/aromatic N) is 3. The molecule has 0 bridgehead atoms. The SMILES string of the molecule is Cc1cc(C)c(Nc2cc(Nc3cccc(C#N)c3)nc(C)n2)c(C)c1. The smallest absolute Gasteiger partial charge is 0.136 e. The van der Waals surface area contributed by atoms with E-state index in [-0.39, 0.29) is 0 Å². The van der Waals surface area contributed by atoms with E-state index in [0.29, 0.717) is 17.2 Å². The lowest BCUT2D eigenvalue weighted by atomic mass is 10.1. The van der Waals surface area contributed by atoms with Gasteiger partial charge in [0, 0.05) is 17.4 Å². The molecule has 1 heterocycles. The fourth-order valence-corrected chi connectivity index (χ4v) is 3.02. The fraction of sp³-hybridized carbons (Fsp3) is 0.190. The maximum Gasteiger partial charge on any atom is 0.136 e. The second-order valence-electron chi connectivity index (χ2n) is 6.40. The van der Waals surface area contributed by atoms with Crippen molar-refractivity contribution in [2.24, 2.45) is 0 Å². The lowest BCUT2D eigenvalue weighted by Crippen LogP contribution is -2.03. The van der Waals surface area contributed by atoms with Gasteiger partial charge in [-0.15, -0.1) is 0 Å². The topological polar surface area (TPSA) is 73.6 Å². The molecule has 5 heteroatoms. The van der Waals surface area contributed by atoms with Crippen LogP contribution in [0.4, 0.5) is 23.0 Å². The van der Waals surface area contributed by atoms with E-state index in [1.165, 1.54) is 16.7 Å². The Morgan fingerprint density at radius 1 is 0.846 bits per heavy atom. The molecule has 1 aromatic heterocycles. The van der Waals surface area contributed by atoms with Gasteiger partial charge in [-0.3, -0.25) is 0 Å². The minimum Gasteiger partial charge on any atom is -0.340 e. The maximum atomic E-state index is 9.04. The van der Waals surface area contributed by atoms with Gasteiger partial charge in [-0.2, -0.15) is 5.26 Å². The molecule has 3 aromatic rings. The van der Waals surface area contributed by atoms with Gasteiger partial charge in [0.1, 0.15) is 17.5 Å². The average molecular weight is 343 g/mol. The molecule has 5 nitrogen and oxygen atoms in total. The number of hydrogen-bond donors (Lipinski definition) is 2. The van der Waals surface area contributed by atoms with Gasteiger partial charge in [0.2, 0.25) is 0 Å². The third-order valence-corrected chi connectivity index (χ3v) is 4.03. The molecular formula is C21H21N5. The van der Waals surface area contributed by atoms with Gasteiger partial charge in [0.15, 0.2) is 0 Å². The Balaban J connectivity index is 1.90. The number of anilines is 4. The summed E-state index contributed by atoms with van der Waals surface area (Å²) in [6, 6.07) is 15.6. The lowest BCUT2D eigenvalue weighted by molar-refractivity contribution is 1.06. The predicted molar refractivity (Wildman–Crippen MR) is 105 cm³/mol. The van der Waals surface area contributed by atoms with Crippen LogP contribution < -0.4 is 10.6 Å². The second kappa shape index (κ2) is 7.24. The summed E-state index contributed by atoms with van der Waals surface area (Å²) in [6.45, 7) is 8.12. The van der Waals surface area contributed by atoms with Crippen molar-refractivity contribution in [3.05, 3.63) is 70.5 Å². The summed E-state index contributed by atoms with van der Waals surface area (Å²) in [5, 5.41) is 15.7. The molecule has 0 spiro atoms. The van der Waals surface area contributed by atoms with Crippen molar-refractivity contribution in [1.82, 2.24) is 9.97 Å². The van der Waals surface area contributed by atoms with E-state index in [9.17, 15) is 0 Å². The van der Waals surface area contributed by atoms with Gasteiger partial charge >= 0.3 is 0 Å². The van der Waals surface area contributed by atoms with Crippen LogP contribution in [-0.2, 0) is 0 Å². The zero-order chi connectivity index (χ0) is 18.7. The summed E-state index contributed by atoms with van der Waals surface area (Å²) in [5.41, 5.74) is 6.07. The number of nitriles is 1. The van der Waals surface area contributed by atoms with E-state index >= 15 is 0 Å². The Morgan fingerprint density at radius 3 is 2.15 bits per heavy atom. The van der Waals surface area contributed by atoms with Crippen molar-refractivity contribution in [2.75, 3.05) is 10.6 Å². The monoisotopic (exact) mass is 343 g/mol. The molecule has 0 aliphatic heterocycles. The van der Waals surface area contributed by atoms with Gasteiger partial charge in [0.25, 0.3) is 0 Å². The Hall–Kier alpha value is -3.39. The first-order chi connectivity index (χ1) is 12.4. The predicted octanol–water partition coefficient (Wildman–Crippen LogP) is 5.07. The van der Waals surface area contributed by atoms with E-state index < -0.39 is 0 Å². The molecule has 0 aliphatic rings. The van der Waals surface area contributed by atoms with Crippen LogP contribution in [0, 0.1) is 39.0 Å². The van der Waals surface area contributed by atoms with Crippen molar-refractivity contribution in [3.8, 4) is 6.07 Å². The Morgan fingerprint density at radius 2 is 1.50 bits per heavy atom. The quantitative estimate of drug-likeness (QED) is 0.692. The molecule has 2 N–H and O–H groups in total. The van der Waals surface area contributed by atoms with Crippen molar-refractivity contribution < 1.29 is 0 Å². The molecule has 3 rings (SSSR count). The molecule has 0 fully saturated rings. The molecule has 26 heavy (non-hydrogen) atoms. The fourth-order valence-electron chi connectivity index (χ4n) is 3.02. The van der Waals surface area contributed by atoms with Crippen molar-refractivity contribution in [1.29, 1.82) is 5.26 Å². The average Bonchev–Trinajstić information content (AvgIpc) is 2.58. The summed E-state index contributed by atoms with van der Waals surface area (Å²) in [7, 11) is 0. The van der Waals surface area contributed by atoms with Gasteiger partial charge in [-0.25, -0.2) is 9.97 Å². The highest BCUT2D eigenvalue weighted by Gasteiger charge is 2.08. The van der Waals surface area contributed by atoms with Gasteiger partial charge in [0.05, 0.1) is 11.6 Å². The number of benzene rings is 2. The summed E-state index contributed by atoms with van der Waals surface area (Å²) in [5.74, 6) is 2.07. The van der Waals surface area contributed by atoms with Gasteiger partial charge in [-0.1, -0.05) is 23.8 Å². The van der Waals surface area contributed by atoms with E-state index in [1.807, 2.05) is 25.1 Å². The minimum absolute atomic E-state index is 0.602. The number of aryl methyl sites for hydroxylation is 4. The third kappa shape index (κ3) is 3.98. The van der Waals surface area contributed by atoms with E-state index in [1.54, 1.807) is 12.1 Å². The highest BCUT2D eigenvalue weighted by Crippen LogP contribution is 2.26. The molecule has 0 unspecified atom stereocenters. The largest absolute Gasteiger partial charge is 0.340 e. The molecule has 0 saturated heterocycles. The lowest BCUT2D eigenvalue weighted by Gasteiger charge is -2.15. The van der Waals surface area contributed by atoms with Crippen LogP contribution in [0.1, 0.15) is 28.1 Å². The Kier molecular flexibility index (Phi) is 4.85. The molecule has 0 amide bonds. The Labute approximate surface area is 153 Å². The number of aromatic nitrogens is 2. The highest BCUT2D eigenvalue weighted by atomic mass is 15.1. The normalized spacial score (nSPS) is 10.3. The van der Waals surface area contributed by atoms with Gasteiger partial charge in [-0.05, 0) is 57.0 Å². The molecule has 130 valence electrons. The van der Waals surface area contributed by atoms with E-state index in [2.05, 4.69) is 59.6 Å². The van der Waals surface area contributed by atoms with Crippen LogP contribution >= 0.6 is 0 Å². The number of hydrogen-bond acceptors (Lipinski definition) is 5. The first-order valence-electron chi connectivity index (χ1n) is 8.42. The summed E-state index contributed by atoms with van der Waals surface area (Å²) < 4.78 is 0. The maximum absolute atomic E-state index is 9.04. The van der Waals surface area contributed by atoms with Crippen LogP contribution in [-0.4, -0.2) is 9.97 Å². The number of rotatable bonds is 4. The highest BCUT2D eigenvalue weighted by molar-refractivity contribution is 5.68. The molecule has 0 saturated carbocycles. The molecule has 2 aromatic carbocycles. The van der Waals surface area contributed by atoms with Crippen LogP contribution in [0.25, 0.3) is 0 Å². The molecule has 0 radical (unpaired) electrons. The van der Waals surface area contributed by atoms with Crippen LogP contribution in [0.3, 0.4) is 0 Å². The molecular weight excluding hydrogens is 322 g/mol. The number of nitrogens with one attached hydrogen (secondary N) is 2. The summed E-state index contributed by atoms with van der Waals surface area (Å²) in [6.07, 6.45) is 0. The molecule has 0 aliphatic carbocycles. The van der Waals surface area contributed by atoms with E-state index in [0.717, 1.165) is 17.2 Å². The van der Waals surface area contributed by atoms with Crippen LogP contribution in [0.2, 0.25) is 0 Å².